The summed E-state index contributed by atoms with van der Waals surface area (Å²) in [5.41, 5.74) is 16.5. The molecule has 0 atom stereocenters. The summed E-state index contributed by atoms with van der Waals surface area (Å²) >= 11 is 0. The van der Waals surface area contributed by atoms with Crippen molar-refractivity contribution in [3.8, 4) is 11.5 Å². The highest BCUT2D eigenvalue weighted by Gasteiger charge is 2.07. The molecule has 0 bridgehead atoms. The molecule has 2 aromatic carbocycles. The van der Waals surface area contributed by atoms with Gasteiger partial charge in [0.15, 0.2) is 0 Å². The van der Waals surface area contributed by atoms with Crippen molar-refractivity contribution in [2.45, 2.75) is 0 Å². The van der Waals surface area contributed by atoms with Gasteiger partial charge in [-0.25, -0.2) is 9.98 Å². The lowest BCUT2D eigenvalue weighted by molar-refractivity contribution is 0.0179. The van der Waals surface area contributed by atoms with E-state index in [0.717, 1.165) is 0 Å². The van der Waals surface area contributed by atoms with Gasteiger partial charge in [0.25, 0.3) is 0 Å². The van der Waals surface area contributed by atoms with Crippen molar-refractivity contribution in [1.29, 1.82) is 0 Å². The fourth-order valence-electron chi connectivity index (χ4n) is 1.89. The molecule has 0 spiro atoms. The molecule has 0 aliphatic rings. The summed E-state index contributed by atoms with van der Waals surface area (Å²) in [6.07, 6.45) is -1.16. The van der Waals surface area contributed by atoms with Gasteiger partial charge in [0.1, 0.15) is 11.5 Å². The van der Waals surface area contributed by atoms with Gasteiger partial charge in [0.05, 0.1) is 25.6 Å². The van der Waals surface area contributed by atoms with Crippen molar-refractivity contribution >= 4 is 29.4 Å². The van der Waals surface area contributed by atoms with E-state index in [4.69, 9.17) is 20.9 Å². The molecule has 11 nitrogen and oxygen atoms in total. The molecule has 0 fully saturated rings. The zero-order valence-corrected chi connectivity index (χ0v) is 15.2. The fourth-order valence-corrected chi connectivity index (χ4v) is 1.89. The summed E-state index contributed by atoms with van der Waals surface area (Å²) in [6.45, 7) is 0. The number of hydroxylamine groups is 2. The number of carbonyl (C=O) groups excluding carboxylic acids is 1. The molecule has 0 amide bonds. The molecular formula is C17H20N6O5. The number of guanidine groups is 2. The fraction of sp³-hybridized carbons (Fsp3) is 0.118. The van der Waals surface area contributed by atoms with Crippen LogP contribution in [0.4, 0.5) is 16.2 Å². The number of ether oxygens (including phenoxy) is 2. The Morgan fingerprint density at radius 1 is 0.821 bits per heavy atom. The van der Waals surface area contributed by atoms with Crippen LogP contribution in [-0.4, -0.2) is 32.3 Å². The first-order chi connectivity index (χ1) is 13.5. The quantitative estimate of drug-likeness (QED) is 0.346. The van der Waals surface area contributed by atoms with Gasteiger partial charge in [-0.3, -0.25) is 0 Å². The normalized spacial score (nSPS) is 11.4. The average Bonchev–Trinajstić information content (AvgIpc) is 2.71. The Morgan fingerprint density at radius 2 is 1.25 bits per heavy atom. The summed E-state index contributed by atoms with van der Waals surface area (Å²) in [7, 11) is 3.06. The Kier molecular flexibility index (Phi) is 7.28. The second kappa shape index (κ2) is 10.1. The van der Waals surface area contributed by atoms with Gasteiger partial charge in [0.2, 0.25) is 11.9 Å². The largest absolute Gasteiger partial charge is 0.558 e. The van der Waals surface area contributed by atoms with Gasteiger partial charge in [0, 0.05) is 12.1 Å². The topological polar surface area (TPSA) is 155 Å². The molecule has 0 aromatic heterocycles. The lowest BCUT2D eigenvalue weighted by atomic mass is 10.3. The molecule has 0 radical (unpaired) electrons. The number of hydrogen-bond donors (Lipinski definition) is 4. The van der Waals surface area contributed by atoms with E-state index in [1.807, 2.05) is 0 Å². The molecule has 0 unspecified atom stereocenters. The lowest BCUT2D eigenvalue weighted by Gasteiger charge is -2.08. The second-order valence-electron chi connectivity index (χ2n) is 5.06. The van der Waals surface area contributed by atoms with E-state index in [0.29, 0.717) is 22.9 Å². The summed E-state index contributed by atoms with van der Waals surface area (Å²) in [6, 6.07) is 13.6. The van der Waals surface area contributed by atoms with E-state index in [9.17, 15) is 4.79 Å². The average molecular weight is 388 g/mol. The van der Waals surface area contributed by atoms with Gasteiger partial charge in [-0.1, -0.05) is 12.1 Å². The van der Waals surface area contributed by atoms with Gasteiger partial charge in [-0.15, -0.1) is 0 Å². The Bertz CT molecular complexity index is 801. The van der Waals surface area contributed by atoms with Crippen LogP contribution in [0.2, 0.25) is 0 Å². The maximum atomic E-state index is 11.5. The van der Waals surface area contributed by atoms with Crippen molar-refractivity contribution in [3.05, 3.63) is 48.5 Å². The molecule has 2 rings (SSSR count). The van der Waals surface area contributed by atoms with Crippen molar-refractivity contribution in [3.63, 3.8) is 0 Å². The van der Waals surface area contributed by atoms with Crippen LogP contribution in [-0.2, 0) is 9.68 Å². The van der Waals surface area contributed by atoms with Crippen LogP contribution < -0.4 is 31.9 Å². The first kappa shape index (κ1) is 20.2. The number of carbonyl (C=O) groups is 1. The molecule has 0 saturated heterocycles. The van der Waals surface area contributed by atoms with Crippen molar-refractivity contribution in [2.75, 3.05) is 14.2 Å². The third kappa shape index (κ3) is 6.63. The van der Waals surface area contributed by atoms with Crippen LogP contribution in [0.15, 0.2) is 58.5 Å². The van der Waals surface area contributed by atoms with Gasteiger partial charge >= 0.3 is 6.16 Å². The second-order valence-corrected chi connectivity index (χ2v) is 5.06. The lowest BCUT2D eigenvalue weighted by Crippen LogP contribution is -2.38. The number of aliphatic imine (C=N–C) groups is 2. The highest BCUT2D eigenvalue weighted by Crippen LogP contribution is 2.19. The minimum atomic E-state index is -1.16. The van der Waals surface area contributed by atoms with Gasteiger partial charge in [-0.2, -0.15) is 15.8 Å². The first-order valence-corrected chi connectivity index (χ1v) is 7.86. The number of nitrogens with zero attached hydrogens (tertiary/aromatic N) is 2. The van der Waals surface area contributed by atoms with Crippen molar-refractivity contribution < 1.29 is 23.9 Å². The summed E-state index contributed by atoms with van der Waals surface area (Å²) in [4.78, 5) is 28.7. The predicted octanol–water partition coefficient (Wildman–Crippen LogP) is 1.46. The minimum absolute atomic E-state index is 0.178. The van der Waals surface area contributed by atoms with Crippen LogP contribution in [0.3, 0.4) is 0 Å². The third-order valence-corrected chi connectivity index (χ3v) is 3.08. The Morgan fingerprint density at radius 3 is 1.64 bits per heavy atom. The van der Waals surface area contributed by atoms with E-state index in [1.54, 1.807) is 48.5 Å². The molecule has 11 heteroatoms. The van der Waals surface area contributed by atoms with E-state index in [2.05, 4.69) is 30.6 Å². The molecule has 28 heavy (non-hydrogen) atoms. The predicted molar refractivity (Wildman–Crippen MR) is 102 cm³/mol. The van der Waals surface area contributed by atoms with Crippen LogP contribution in [0.5, 0.6) is 11.5 Å². The van der Waals surface area contributed by atoms with E-state index in [1.165, 1.54) is 14.2 Å². The number of methoxy groups -OCH3 is 2. The molecule has 0 heterocycles. The summed E-state index contributed by atoms with van der Waals surface area (Å²) in [5.74, 6) is 0.847. The molecule has 0 aliphatic carbocycles. The molecule has 148 valence electrons. The third-order valence-electron chi connectivity index (χ3n) is 3.08. The smallest absolute Gasteiger partial charge is 0.497 e. The van der Waals surface area contributed by atoms with E-state index < -0.39 is 6.16 Å². The number of hydrogen-bond acceptors (Lipinski definition) is 7. The Balaban J connectivity index is 1.81. The van der Waals surface area contributed by atoms with E-state index >= 15 is 0 Å². The molecule has 6 N–H and O–H groups in total. The number of rotatable bonds is 4. The maximum Gasteiger partial charge on any atom is 0.558 e. The zero-order valence-electron chi connectivity index (χ0n) is 15.2. The zero-order chi connectivity index (χ0) is 20.4. The highest BCUT2D eigenvalue weighted by atomic mass is 16.9. The number of nitrogens with two attached hydrogens (primary N) is 2. The van der Waals surface area contributed by atoms with Crippen LogP contribution in [0, 0.1) is 0 Å². The van der Waals surface area contributed by atoms with Crippen LogP contribution >= 0.6 is 0 Å². The summed E-state index contributed by atoms with van der Waals surface area (Å²) in [5, 5.41) is 0. The standard InChI is InChI=1S/C17H20N6O5/c1-25-13-7-3-5-11(9-13)20-15(18)22-27-17(24)28-23-16(19)21-12-6-4-8-14(10-12)26-2/h3-10H,1-2H3,(H3,18,20,22)(H3,19,21,23). The molecule has 2 aromatic rings. The summed E-state index contributed by atoms with van der Waals surface area (Å²) < 4.78 is 10.1. The molecule has 0 aliphatic heterocycles. The highest BCUT2D eigenvalue weighted by molar-refractivity contribution is 5.82. The Hall–Kier alpha value is -4.15. The number of nitrogens with one attached hydrogen (secondary N) is 2. The first-order valence-electron chi connectivity index (χ1n) is 7.86. The van der Waals surface area contributed by atoms with Crippen LogP contribution in [0.25, 0.3) is 0 Å². The van der Waals surface area contributed by atoms with Crippen molar-refractivity contribution in [1.82, 2.24) is 11.0 Å². The SMILES string of the molecule is COc1cccc(N=C(N)NOC(=O)ONC(N)=Nc2cccc(OC)c2)c1. The van der Waals surface area contributed by atoms with Gasteiger partial charge < -0.3 is 30.6 Å². The molecular weight excluding hydrogens is 368 g/mol. The van der Waals surface area contributed by atoms with Gasteiger partial charge in [-0.05, 0) is 24.3 Å². The van der Waals surface area contributed by atoms with Crippen molar-refractivity contribution in [2.24, 2.45) is 21.5 Å². The monoisotopic (exact) mass is 388 g/mol. The van der Waals surface area contributed by atoms with Crippen LogP contribution in [0.1, 0.15) is 0 Å². The number of benzene rings is 2. The Labute approximate surface area is 160 Å². The van der Waals surface area contributed by atoms with E-state index in [-0.39, 0.29) is 11.9 Å². The maximum absolute atomic E-state index is 11.5. The minimum Gasteiger partial charge on any atom is -0.497 e. The molecule has 0 saturated carbocycles.